The molecule has 7 heteroatoms. The summed E-state index contributed by atoms with van der Waals surface area (Å²) in [5.74, 6) is 0.0238. The van der Waals surface area contributed by atoms with Gasteiger partial charge in [-0.25, -0.2) is 9.97 Å². The molecule has 1 fully saturated rings. The fourth-order valence-corrected chi connectivity index (χ4v) is 3.45. The van der Waals surface area contributed by atoms with Crippen molar-refractivity contribution in [3.05, 3.63) is 34.9 Å². The molecule has 0 bridgehead atoms. The lowest BCUT2D eigenvalue weighted by Gasteiger charge is -2.26. The first-order valence-corrected chi connectivity index (χ1v) is 8.09. The Morgan fingerprint density at radius 1 is 1.32 bits per heavy atom. The fourth-order valence-electron chi connectivity index (χ4n) is 2.67. The average Bonchev–Trinajstić information content (AvgIpc) is 3.21. The van der Waals surface area contributed by atoms with Gasteiger partial charge in [-0.2, -0.15) is 0 Å². The van der Waals surface area contributed by atoms with Crippen LogP contribution in [0.4, 0.5) is 0 Å². The number of fused-ring (bicyclic) bond motifs is 1. The third-order valence-corrected chi connectivity index (χ3v) is 4.65. The highest BCUT2D eigenvalue weighted by atomic mass is 32.1. The van der Waals surface area contributed by atoms with Crippen LogP contribution >= 0.6 is 11.3 Å². The second-order valence-electron chi connectivity index (χ2n) is 5.18. The third-order valence-electron chi connectivity index (χ3n) is 3.82. The number of piperazine rings is 1. The van der Waals surface area contributed by atoms with Crippen LogP contribution in [0.25, 0.3) is 22.3 Å². The third kappa shape index (κ3) is 2.28. The van der Waals surface area contributed by atoms with Crippen LogP contribution in [0.3, 0.4) is 0 Å². The molecular weight excluding hydrogens is 298 g/mol. The highest BCUT2D eigenvalue weighted by Gasteiger charge is 2.21. The van der Waals surface area contributed by atoms with Crippen LogP contribution in [-0.2, 0) is 0 Å². The van der Waals surface area contributed by atoms with E-state index in [1.54, 1.807) is 6.20 Å². The Labute approximate surface area is 131 Å². The molecule has 1 aliphatic rings. The molecule has 0 unspecified atom stereocenters. The van der Waals surface area contributed by atoms with Crippen molar-refractivity contribution >= 4 is 28.3 Å². The number of carbonyl (C=O) groups excluding carboxylic acids is 1. The van der Waals surface area contributed by atoms with Gasteiger partial charge in [-0.1, -0.05) is 0 Å². The van der Waals surface area contributed by atoms with E-state index in [4.69, 9.17) is 0 Å². The molecule has 6 nitrogen and oxygen atoms in total. The molecule has 112 valence electrons. The molecule has 22 heavy (non-hydrogen) atoms. The zero-order valence-electron chi connectivity index (χ0n) is 11.9. The van der Waals surface area contributed by atoms with Crippen molar-refractivity contribution < 1.29 is 4.79 Å². The van der Waals surface area contributed by atoms with Gasteiger partial charge < -0.3 is 15.2 Å². The highest BCUT2D eigenvalue weighted by Crippen LogP contribution is 2.28. The first kappa shape index (κ1) is 13.4. The standard InChI is InChI=1S/C15H15N5OS/c21-15(20-6-4-16-5-7-20)14-19-12(9-22-14)11-8-18-13-10(11)2-1-3-17-13/h1-3,8-9,16H,4-7H2,(H,17,18). The van der Waals surface area contributed by atoms with Gasteiger partial charge in [0.25, 0.3) is 5.91 Å². The molecule has 3 aromatic heterocycles. The Balaban J connectivity index is 1.65. The zero-order chi connectivity index (χ0) is 14.9. The van der Waals surface area contributed by atoms with Crippen molar-refractivity contribution in [1.29, 1.82) is 0 Å². The summed E-state index contributed by atoms with van der Waals surface area (Å²) in [6.07, 6.45) is 3.65. The van der Waals surface area contributed by atoms with Crippen molar-refractivity contribution in [2.75, 3.05) is 26.2 Å². The molecule has 1 aliphatic heterocycles. The van der Waals surface area contributed by atoms with Gasteiger partial charge in [0.15, 0.2) is 5.01 Å². The van der Waals surface area contributed by atoms with E-state index in [0.717, 1.165) is 48.5 Å². The maximum Gasteiger partial charge on any atom is 0.282 e. The van der Waals surface area contributed by atoms with Crippen LogP contribution in [-0.4, -0.2) is 51.9 Å². The van der Waals surface area contributed by atoms with E-state index in [2.05, 4.69) is 20.3 Å². The molecule has 0 radical (unpaired) electrons. The van der Waals surface area contributed by atoms with Gasteiger partial charge in [-0.15, -0.1) is 11.3 Å². The molecule has 2 N–H and O–H groups in total. The minimum Gasteiger partial charge on any atom is -0.345 e. The Morgan fingerprint density at radius 2 is 2.18 bits per heavy atom. The van der Waals surface area contributed by atoms with Gasteiger partial charge in [-0.3, -0.25) is 4.79 Å². The number of amides is 1. The van der Waals surface area contributed by atoms with E-state index in [0.29, 0.717) is 5.01 Å². The largest absolute Gasteiger partial charge is 0.345 e. The topological polar surface area (TPSA) is 73.9 Å². The molecule has 0 aromatic carbocycles. The lowest BCUT2D eigenvalue weighted by molar-refractivity contribution is 0.0735. The lowest BCUT2D eigenvalue weighted by Crippen LogP contribution is -2.46. The molecule has 0 atom stereocenters. The van der Waals surface area contributed by atoms with E-state index in [1.807, 2.05) is 28.6 Å². The second-order valence-corrected chi connectivity index (χ2v) is 6.04. The molecule has 0 aliphatic carbocycles. The smallest absolute Gasteiger partial charge is 0.282 e. The number of thiazole rings is 1. The van der Waals surface area contributed by atoms with Gasteiger partial charge in [0.2, 0.25) is 0 Å². The fraction of sp³-hybridized carbons (Fsp3) is 0.267. The normalized spacial score (nSPS) is 15.4. The van der Waals surface area contributed by atoms with Gasteiger partial charge >= 0.3 is 0 Å². The number of rotatable bonds is 2. The Morgan fingerprint density at radius 3 is 3.05 bits per heavy atom. The lowest BCUT2D eigenvalue weighted by atomic mass is 10.2. The van der Waals surface area contributed by atoms with Crippen LogP contribution in [0.5, 0.6) is 0 Å². The summed E-state index contributed by atoms with van der Waals surface area (Å²) in [5, 5.41) is 6.76. The molecule has 4 rings (SSSR count). The predicted octanol–water partition coefficient (Wildman–Crippen LogP) is 1.73. The van der Waals surface area contributed by atoms with Crippen molar-refractivity contribution in [3.63, 3.8) is 0 Å². The molecule has 4 heterocycles. The Bertz CT molecular complexity index is 818. The van der Waals surface area contributed by atoms with Crippen molar-refractivity contribution in [2.45, 2.75) is 0 Å². The summed E-state index contributed by atoms with van der Waals surface area (Å²) in [4.78, 5) is 26.3. The zero-order valence-corrected chi connectivity index (χ0v) is 12.7. The number of pyridine rings is 1. The first-order valence-electron chi connectivity index (χ1n) is 7.21. The van der Waals surface area contributed by atoms with Gasteiger partial charge in [-0.05, 0) is 12.1 Å². The summed E-state index contributed by atoms with van der Waals surface area (Å²) in [5.41, 5.74) is 2.64. The van der Waals surface area contributed by atoms with Crippen LogP contribution in [0.2, 0.25) is 0 Å². The van der Waals surface area contributed by atoms with Gasteiger partial charge in [0.05, 0.1) is 5.69 Å². The summed E-state index contributed by atoms with van der Waals surface area (Å²) in [7, 11) is 0. The van der Waals surface area contributed by atoms with Crippen molar-refractivity contribution in [3.8, 4) is 11.3 Å². The monoisotopic (exact) mass is 313 g/mol. The molecule has 1 amide bonds. The minimum atomic E-state index is 0.0238. The number of aromatic nitrogens is 3. The maximum absolute atomic E-state index is 12.5. The van der Waals surface area contributed by atoms with Crippen LogP contribution in [0, 0.1) is 0 Å². The molecule has 0 saturated carbocycles. The van der Waals surface area contributed by atoms with E-state index in [-0.39, 0.29) is 5.91 Å². The van der Waals surface area contributed by atoms with E-state index in [9.17, 15) is 4.79 Å². The summed E-state index contributed by atoms with van der Waals surface area (Å²) >= 11 is 1.40. The van der Waals surface area contributed by atoms with Crippen LogP contribution in [0.1, 0.15) is 9.80 Å². The quantitative estimate of drug-likeness (QED) is 0.756. The number of aromatic amines is 1. The molecular formula is C15H15N5OS. The highest BCUT2D eigenvalue weighted by molar-refractivity contribution is 7.12. The number of nitrogens with zero attached hydrogens (tertiary/aromatic N) is 3. The number of nitrogens with one attached hydrogen (secondary N) is 2. The Kier molecular flexibility index (Phi) is 3.36. The van der Waals surface area contributed by atoms with E-state index >= 15 is 0 Å². The first-order chi connectivity index (χ1) is 10.8. The van der Waals surface area contributed by atoms with E-state index in [1.165, 1.54) is 11.3 Å². The number of carbonyl (C=O) groups is 1. The average molecular weight is 313 g/mol. The predicted molar refractivity (Wildman–Crippen MR) is 86.0 cm³/mol. The Hall–Kier alpha value is -2.25. The molecule has 3 aromatic rings. The second kappa shape index (κ2) is 5.51. The number of H-pyrrole nitrogens is 1. The summed E-state index contributed by atoms with van der Waals surface area (Å²) in [6.45, 7) is 3.17. The van der Waals surface area contributed by atoms with Gasteiger partial charge in [0.1, 0.15) is 5.65 Å². The molecule has 0 spiro atoms. The van der Waals surface area contributed by atoms with E-state index < -0.39 is 0 Å². The summed E-state index contributed by atoms with van der Waals surface area (Å²) < 4.78 is 0. The maximum atomic E-state index is 12.5. The van der Waals surface area contributed by atoms with Crippen LogP contribution < -0.4 is 5.32 Å². The van der Waals surface area contributed by atoms with Gasteiger partial charge in [0, 0.05) is 54.9 Å². The van der Waals surface area contributed by atoms with Crippen molar-refractivity contribution in [2.24, 2.45) is 0 Å². The SMILES string of the molecule is O=C(c1nc(-c2c[nH]c3ncccc23)cs1)N1CCNCC1. The molecule has 1 saturated heterocycles. The minimum absolute atomic E-state index is 0.0238. The number of hydrogen-bond donors (Lipinski definition) is 2. The van der Waals surface area contributed by atoms with Crippen molar-refractivity contribution in [1.82, 2.24) is 25.2 Å². The van der Waals surface area contributed by atoms with Crippen LogP contribution in [0.15, 0.2) is 29.9 Å². The summed E-state index contributed by atoms with van der Waals surface area (Å²) in [6, 6.07) is 3.91. The number of hydrogen-bond acceptors (Lipinski definition) is 5.